The molecule has 8 rings (SSSR count). The van der Waals surface area contributed by atoms with Gasteiger partial charge in [0.2, 0.25) is 0 Å². The number of fused-ring (bicyclic) bond motifs is 6. The number of benzene rings is 6. The van der Waals surface area contributed by atoms with Crippen molar-refractivity contribution in [2.24, 2.45) is 0 Å². The minimum atomic E-state index is -4.67. The van der Waals surface area contributed by atoms with Crippen molar-refractivity contribution >= 4 is 65.9 Å². The van der Waals surface area contributed by atoms with Gasteiger partial charge in [0.25, 0.3) is 6.47 Å². The molecule has 0 unspecified atom stereocenters. The van der Waals surface area contributed by atoms with Crippen LogP contribution in [0.15, 0.2) is 143 Å². The van der Waals surface area contributed by atoms with Crippen LogP contribution in [0, 0.1) is 0 Å². The lowest BCUT2D eigenvalue weighted by Crippen LogP contribution is -2.02. The first kappa shape index (κ1) is 34.3. The summed E-state index contributed by atoms with van der Waals surface area (Å²) in [5.41, 5.74) is 2.81. The Morgan fingerprint density at radius 3 is 1.33 bits per heavy atom. The molecule has 0 heterocycles. The van der Waals surface area contributed by atoms with E-state index in [-0.39, 0.29) is 16.4 Å². The van der Waals surface area contributed by atoms with Crippen LogP contribution in [-0.2, 0) is 15.2 Å². The smallest absolute Gasteiger partial charge is 0.394 e. The molecule has 0 fully saturated rings. The maximum atomic E-state index is 12.6. The highest BCUT2D eigenvalue weighted by Crippen LogP contribution is 2.37. The molecule has 0 aliphatic carbocycles. The van der Waals surface area contributed by atoms with Crippen LogP contribution >= 0.6 is 0 Å². The Bertz CT molecular complexity index is 2670. The molecule has 0 saturated carbocycles. The van der Waals surface area contributed by atoms with Crippen molar-refractivity contribution in [3.05, 3.63) is 159 Å². The molecule has 0 aromatic heterocycles. The van der Waals surface area contributed by atoms with E-state index in [0.717, 1.165) is 43.4 Å². The summed E-state index contributed by atoms with van der Waals surface area (Å²) in [6, 6.07) is 40.4. The second-order valence-corrected chi connectivity index (χ2v) is 12.2. The Morgan fingerprint density at radius 1 is 0.529 bits per heavy atom. The minimum Gasteiger partial charge on any atom is -0.478 e. The van der Waals surface area contributed by atoms with Crippen molar-refractivity contribution in [3.63, 3.8) is 0 Å². The Hall–Kier alpha value is -6.53. The van der Waals surface area contributed by atoms with E-state index in [4.69, 9.17) is 22.3 Å². The third-order valence-corrected chi connectivity index (χ3v) is 8.27. The summed E-state index contributed by atoms with van der Waals surface area (Å²) in [6.07, 6.45) is 0. The topological polar surface area (TPSA) is 172 Å². The van der Waals surface area contributed by atoms with Gasteiger partial charge in [-0.05, 0) is 62.5 Å². The van der Waals surface area contributed by atoms with Gasteiger partial charge in [0.05, 0.1) is 5.56 Å². The second kappa shape index (κ2) is 14.1. The fourth-order valence-electron chi connectivity index (χ4n) is 6.15. The summed E-state index contributed by atoms with van der Waals surface area (Å²) >= 11 is 0. The van der Waals surface area contributed by atoms with E-state index in [0.29, 0.717) is 34.1 Å². The average molecular weight is 699 g/mol. The molecule has 0 atom stereocenters. The molecular formula is C40H26O10S. The van der Waals surface area contributed by atoms with Gasteiger partial charge in [-0.2, -0.15) is 8.42 Å². The monoisotopic (exact) mass is 698 g/mol. The minimum absolute atomic E-state index is 0.0465. The van der Waals surface area contributed by atoms with Crippen LogP contribution in [-0.4, -0.2) is 35.1 Å². The largest absolute Gasteiger partial charge is 0.478 e. The van der Waals surface area contributed by atoms with Gasteiger partial charge in [-0.3, -0.25) is 23.5 Å². The number of carboxylic acid groups (broad SMARTS) is 1. The molecule has 0 amide bonds. The molecular weight excluding hydrogens is 672 g/mol. The number of carboxylic acids is 1. The van der Waals surface area contributed by atoms with Gasteiger partial charge in [-0.1, -0.05) is 109 Å². The van der Waals surface area contributed by atoms with Gasteiger partial charge in [0.15, 0.2) is 10.9 Å². The maximum Gasteiger partial charge on any atom is 0.394 e. The first-order chi connectivity index (χ1) is 24.5. The van der Waals surface area contributed by atoms with Crippen LogP contribution in [0.4, 0.5) is 0 Å². The van der Waals surface area contributed by atoms with Gasteiger partial charge >= 0.3 is 16.4 Å². The highest BCUT2D eigenvalue weighted by atomic mass is 32.3. The summed E-state index contributed by atoms with van der Waals surface area (Å²) < 4.78 is 36.7. The third-order valence-electron chi connectivity index (χ3n) is 8.27. The molecule has 0 saturated heterocycles. The second-order valence-electron chi connectivity index (χ2n) is 11.3. The molecule has 0 bridgehead atoms. The fourth-order valence-corrected chi connectivity index (χ4v) is 6.15. The van der Waals surface area contributed by atoms with E-state index in [1.54, 1.807) is 12.1 Å². The van der Waals surface area contributed by atoms with Crippen LogP contribution in [0.1, 0.15) is 10.4 Å². The predicted molar refractivity (Wildman–Crippen MR) is 197 cm³/mol. The van der Waals surface area contributed by atoms with Gasteiger partial charge in [0.1, 0.15) is 5.75 Å². The highest BCUT2D eigenvalue weighted by molar-refractivity contribution is 7.79. The molecule has 252 valence electrons. The summed E-state index contributed by atoms with van der Waals surface area (Å²) in [7, 11) is -4.67. The van der Waals surface area contributed by atoms with Gasteiger partial charge in [-0.15, -0.1) is 0 Å². The van der Waals surface area contributed by atoms with Crippen molar-refractivity contribution in [3.8, 4) is 28.0 Å². The number of carbonyl (C=O) groups is 2. The molecule has 51 heavy (non-hydrogen) atoms. The molecule has 0 spiro atoms. The number of carbonyl (C=O) groups excluding carboxylic acids is 1. The quantitative estimate of drug-likeness (QED) is 0.121. The molecule has 0 aliphatic rings. The lowest BCUT2D eigenvalue weighted by atomic mass is 9.94. The molecule has 0 radical (unpaired) electrons. The number of rotatable bonds is 5. The van der Waals surface area contributed by atoms with Crippen LogP contribution in [0.2, 0.25) is 0 Å². The third kappa shape index (κ3) is 7.12. The van der Waals surface area contributed by atoms with E-state index in [2.05, 4.69) is 0 Å². The molecule has 3 N–H and O–H groups in total. The van der Waals surface area contributed by atoms with E-state index >= 15 is 0 Å². The molecule has 8 aromatic rings. The first-order valence-electron chi connectivity index (χ1n) is 15.2. The van der Waals surface area contributed by atoms with Gasteiger partial charge in [-0.25, -0.2) is 4.79 Å². The zero-order valence-corrected chi connectivity index (χ0v) is 27.2. The highest BCUT2D eigenvalue weighted by Gasteiger charge is 2.19. The van der Waals surface area contributed by atoms with Gasteiger partial charge < -0.3 is 9.84 Å². The summed E-state index contributed by atoms with van der Waals surface area (Å²) in [4.78, 5) is 47.8. The SMILES string of the molecule is O=COc1cc(-c2ccccc2)c(C(=O)O)cc1-c1ccccc1.O=S(=O)(O)O.O=c1c2ccccc2c2cc3c(=O)c4ccccc4c3cc12. The van der Waals surface area contributed by atoms with Crippen molar-refractivity contribution < 1.29 is 37.0 Å². The number of hydrogen-bond acceptors (Lipinski definition) is 7. The maximum absolute atomic E-state index is 12.6. The molecule has 8 aromatic carbocycles. The summed E-state index contributed by atoms with van der Waals surface area (Å²) in [5, 5.41) is 16.1. The van der Waals surface area contributed by atoms with Crippen LogP contribution in [0.3, 0.4) is 0 Å². The predicted octanol–water partition coefficient (Wildman–Crippen LogP) is 7.50. The Morgan fingerprint density at radius 2 is 0.922 bits per heavy atom. The Labute approximate surface area is 289 Å². The Balaban J connectivity index is 0.000000156. The van der Waals surface area contributed by atoms with Crippen molar-refractivity contribution in [2.75, 3.05) is 0 Å². The molecule has 11 heteroatoms. The average Bonchev–Trinajstić information content (AvgIpc) is 3.57. The normalized spacial score (nSPS) is 11.1. The first-order valence-corrected chi connectivity index (χ1v) is 16.6. The number of ether oxygens (including phenoxy) is 1. The zero-order valence-electron chi connectivity index (χ0n) is 26.4. The molecule has 10 nitrogen and oxygen atoms in total. The van der Waals surface area contributed by atoms with E-state index in [1.165, 1.54) is 0 Å². The lowest BCUT2D eigenvalue weighted by Gasteiger charge is -2.13. The van der Waals surface area contributed by atoms with E-state index < -0.39 is 16.4 Å². The van der Waals surface area contributed by atoms with Crippen LogP contribution in [0.25, 0.3) is 65.3 Å². The number of aromatic carboxylic acids is 1. The van der Waals surface area contributed by atoms with Crippen molar-refractivity contribution in [2.45, 2.75) is 0 Å². The zero-order chi connectivity index (χ0) is 36.3. The lowest BCUT2D eigenvalue weighted by molar-refractivity contribution is -0.120. The van der Waals surface area contributed by atoms with Gasteiger partial charge in [0, 0.05) is 27.1 Å². The number of hydrogen-bond donors (Lipinski definition) is 3. The summed E-state index contributed by atoms with van der Waals surface area (Å²) in [6.45, 7) is 0.344. The van der Waals surface area contributed by atoms with Crippen LogP contribution in [0.5, 0.6) is 5.75 Å². The summed E-state index contributed by atoms with van der Waals surface area (Å²) in [5.74, 6) is -0.719. The fraction of sp³-hybridized carbons (Fsp3) is 0. The van der Waals surface area contributed by atoms with Crippen molar-refractivity contribution in [1.82, 2.24) is 0 Å². The van der Waals surface area contributed by atoms with E-state index in [9.17, 15) is 24.3 Å². The standard InChI is InChI=1S/C20H14O4.C20H10O2.H2O4S/c21-13-24-19-12-16(14-7-3-1-4-8-14)18(20(22)23)11-17(19)15-9-5-2-6-10-15;21-19-13-7-3-1-5-11(13)15-9-18-16(10-17(15)19)12-6-2-4-8-14(12)20(18)22;1-5(2,3)4/h1-13H,(H,22,23);1-10H;(H2,1,2,3,4). The molecule has 0 aliphatic heterocycles. The van der Waals surface area contributed by atoms with Crippen LogP contribution < -0.4 is 15.6 Å². The van der Waals surface area contributed by atoms with Crippen molar-refractivity contribution in [1.29, 1.82) is 0 Å². The Kier molecular flexibility index (Phi) is 9.52. The van der Waals surface area contributed by atoms with E-state index in [1.807, 2.05) is 121 Å².